The minimum absolute atomic E-state index is 0.0667. The van der Waals surface area contributed by atoms with Gasteiger partial charge in [-0.25, -0.2) is 9.78 Å². The van der Waals surface area contributed by atoms with Gasteiger partial charge in [0.1, 0.15) is 0 Å². The smallest absolute Gasteiger partial charge is 0.407 e. The van der Waals surface area contributed by atoms with E-state index in [1.54, 1.807) is 37.2 Å². The van der Waals surface area contributed by atoms with Crippen molar-refractivity contribution in [3.05, 3.63) is 30.1 Å². The molecule has 2 amide bonds. The highest BCUT2D eigenvalue weighted by atomic mass is 16.6. The normalized spacial score (nSPS) is 20.5. The number of aliphatic hydroxyl groups is 1. The van der Waals surface area contributed by atoms with Gasteiger partial charge in [0.05, 0.1) is 29.1 Å². The molecule has 146 valence electrons. The van der Waals surface area contributed by atoms with E-state index in [9.17, 15) is 14.7 Å². The van der Waals surface area contributed by atoms with Gasteiger partial charge in [-0.2, -0.15) is 0 Å². The van der Waals surface area contributed by atoms with Crippen LogP contribution in [0.15, 0.2) is 24.5 Å². The lowest BCUT2D eigenvalue weighted by Gasteiger charge is -2.27. The Morgan fingerprint density at radius 1 is 1.37 bits per heavy atom. The Kier molecular flexibility index (Phi) is 5.65. The molecule has 1 aromatic carbocycles. The summed E-state index contributed by atoms with van der Waals surface area (Å²) in [5, 5.41) is 13.4. The van der Waals surface area contributed by atoms with Crippen LogP contribution < -0.4 is 5.32 Å². The summed E-state index contributed by atoms with van der Waals surface area (Å²) in [5.74, 6) is -0.0667. The number of hydrogen-bond donors (Lipinski definition) is 3. The quantitative estimate of drug-likeness (QED) is 0.759. The summed E-state index contributed by atoms with van der Waals surface area (Å²) in [6.45, 7) is 4.64. The van der Waals surface area contributed by atoms with E-state index in [-0.39, 0.29) is 18.6 Å². The molecule has 0 aliphatic carbocycles. The molecule has 1 aliphatic heterocycles. The third kappa shape index (κ3) is 4.77. The predicted octanol–water partition coefficient (Wildman–Crippen LogP) is 2.05. The summed E-state index contributed by atoms with van der Waals surface area (Å²) < 4.78 is 5.03. The SMILES string of the molecule is CC(C)OC(=O)NC[C@]1(O)CCCN(C(=O)c2ccc3nc[nH]c3c2)CC1. The number of fused-ring (bicyclic) bond motifs is 1. The molecule has 1 aliphatic rings. The van der Waals surface area contributed by atoms with Crippen LogP contribution in [-0.4, -0.2) is 63.3 Å². The van der Waals surface area contributed by atoms with Crippen LogP contribution in [0.1, 0.15) is 43.5 Å². The maximum Gasteiger partial charge on any atom is 0.407 e. The van der Waals surface area contributed by atoms with Gasteiger partial charge in [-0.1, -0.05) is 0 Å². The number of aromatic amines is 1. The monoisotopic (exact) mass is 374 g/mol. The van der Waals surface area contributed by atoms with Crippen LogP contribution in [0.5, 0.6) is 0 Å². The van der Waals surface area contributed by atoms with Crippen LogP contribution in [-0.2, 0) is 4.74 Å². The molecule has 0 radical (unpaired) electrons. The molecule has 3 N–H and O–H groups in total. The topological polar surface area (TPSA) is 108 Å². The lowest BCUT2D eigenvalue weighted by molar-refractivity contribution is 0.0227. The molecule has 1 aromatic heterocycles. The van der Waals surface area contributed by atoms with E-state index in [2.05, 4.69) is 15.3 Å². The number of amides is 2. The van der Waals surface area contributed by atoms with Gasteiger partial charge in [-0.05, 0) is 51.3 Å². The van der Waals surface area contributed by atoms with Crippen molar-refractivity contribution < 1.29 is 19.4 Å². The van der Waals surface area contributed by atoms with Crippen molar-refractivity contribution in [1.82, 2.24) is 20.2 Å². The number of hydrogen-bond acceptors (Lipinski definition) is 5. The number of nitrogens with zero attached hydrogens (tertiary/aromatic N) is 2. The molecule has 0 bridgehead atoms. The number of rotatable bonds is 4. The molecule has 0 spiro atoms. The van der Waals surface area contributed by atoms with Crippen molar-refractivity contribution >= 4 is 23.0 Å². The summed E-state index contributed by atoms with van der Waals surface area (Å²) in [4.78, 5) is 33.4. The lowest BCUT2D eigenvalue weighted by Crippen LogP contribution is -2.44. The van der Waals surface area contributed by atoms with E-state index < -0.39 is 11.7 Å². The van der Waals surface area contributed by atoms with Crippen LogP contribution in [0, 0.1) is 0 Å². The second-order valence-electron chi connectivity index (χ2n) is 7.31. The molecule has 27 heavy (non-hydrogen) atoms. The van der Waals surface area contributed by atoms with Crippen molar-refractivity contribution in [2.24, 2.45) is 0 Å². The average molecular weight is 374 g/mol. The molecule has 1 atom stereocenters. The van der Waals surface area contributed by atoms with Crippen molar-refractivity contribution in [3.8, 4) is 0 Å². The van der Waals surface area contributed by atoms with Gasteiger partial charge in [-0.15, -0.1) is 0 Å². The molecule has 0 saturated carbocycles. The molecule has 8 nitrogen and oxygen atoms in total. The van der Waals surface area contributed by atoms with Crippen LogP contribution in [0.4, 0.5) is 4.79 Å². The Bertz CT molecular complexity index is 819. The standard InChI is InChI=1S/C19H26N4O4/c1-13(2)27-18(25)20-11-19(26)6-3-8-23(9-7-19)17(24)14-4-5-15-16(10-14)22-12-21-15/h4-5,10,12-13,26H,3,6-9,11H2,1-2H3,(H,20,25)(H,21,22)/t19-/m0/s1. The minimum atomic E-state index is -1.04. The van der Waals surface area contributed by atoms with Crippen LogP contribution in [0.25, 0.3) is 11.0 Å². The number of carbonyl (C=O) groups excluding carboxylic acids is 2. The number of ether oxygens (including phenoxy) is 1. The van der Waals surface area contributed by atoms with E-state index in [1.165, 1.54) is 0 Å². The molecule has 3 rings (SSSR count). The number of H-pyrrole nitrogens is 1. The first-order chi connectivity index (χ1) is 12.9. The summed E-state index contributed by atoms with van der Waals surface area (Å²) in [7, 11) is 0. The van der Waals surface area contributed by atoms with Crippen LogP contribution >= 0.6 is 0 Å². The summed E-state index contributed by atoms with van der Waals surface area (Å²) in [6, 6.07) is 5.38. The summed E-state index contributed by atoms with van der Waals surface area (Å²) in [6.07, 6.45) is 2.42. The van der Waals surface area contributed by atoms with Crippen LogP contribution in [0.3, 0.4) is 0 Å². The zero-order valence-electron chi connectivity index (χ0n) is 15.7. The number of likely N-dealkylation sites (tertiary alicyclic amines) is 1. The van der Waals surface area contributed by atoms with Crippen molar-refractivity contribution in [1.29, 1.82) is 0 Å². The number of nitrogens with one attached hydrogen (secondary N) is 2. The van der Waals surface area contributed by atoms with Crippen molar-refractivity contribution in [2.45, 2.75) is 44.8 Å². The first kappa shape index (κ1) is 19.2. The zero-order chi connectivity index (χ0) is 19.4. The molecule has 1 saturated heterocycles. The van der Waals surface area contributed by atoms with Crippen LogP contribution in [0.2, 0.25) is 0 Å². The fourth-order valence-electron chi connectivity index (χ4n) is 3.30. The molecular formula is C19H26N4O4. The van der Waals surface area contributed by atoms with Crippen molar-refractivity contribution in [2.75, 3.05) is 19.6 Å². The van der Waals surface area contributed by atoms with Gasteiger partial charge in [0.2, 0.25) is 0 Å². The van der Waals surface area contributed by atoms with E-state index >= 15 is 0 Å². The Balaban J connectivity index is 1.60. The Labute approximate surface area is 157 Å². The molecule has 8 heteroatoms. The highest BCUT2D eigenvalue weighted by Crippen LogP contribution is 2.23. The zero-order valence-corrected chi connectivity index (χ0v) is 15.7. The number of carbonyl (C=O) groups is 2. The second kappa shape index (κ2) is 7.96. The second-order valence-corrected chi connectivity index (χ2v) is 7.31. The number of imidazole rings is 1. The third-order valence-electron chi connectivity index (χ3n) is 4.78. The molecular weight excluding hydrogens is 348 g/mol. The molecule has 2 heterocycles. The highest BCUT2D eigenvalue weighted by Gasteiger charge is 2.32. The number of aromatic nitrogens is 2. The maximum absolute atomic E-state index is 12.8. The Morgan fingerprint density at radius 2 is 2.19 bits per heavy atom. The molecule has 1 fully saturated rings. The molecule has 2 aromatic rings. The first-order valence-corrected chi connectivity index (χ1v) is 9.26. The van der Waals surface area contributed by atoms with E-state index in [0.717, 1.165) is 11.0 Å². The number of alkyl carbamates (subject to hydrolysis) is 1. The fourth-order valence-corrected chi connectivity index (χ4v) is 3.30. The third-order valence-corrected chi connectivity index (χ3v) is 4.78. The van der Waals surface area contributed by atoms with E-state index in [4.69, 9.17) is 4.74 Å². The number of benzene rings is 1. The minimum Gasteiger partial charge on any atom is -0.447 e. The van der Waals surface area contributed by atoms with Crippen molar-refractivity contribution in [3.63, 3.8) is 0 Å². The van der Waals surface area contributed by atoms with Gasteiger partial charge >= 0.3 is 6.09 Å². The largest absolute Gasteiger partial charge is 0.447 e. The van der Waals surface area contributed by atoms with Gasteiger partial charge in [-0.3, -0.25) is 4.79 Å². The summed E-state index contributed by atoms with van der Waals surface area (Å²) in [5.41, 5.74) is 1.19. The first-order valence-electron chi connectivity index (χ1n) is 9.26. The van der Waals surface area contributed by atoms with E-state index in [0.29, 0.717) is 37.9 Å². The Hall–Kier alpha value is -2.61. The Morgan fingerprint density at radius 3 is 2.96 bits per heavy atom. The average Bonchev–Trinajstić information content (AvgIpc) is 3.01. The van der Waals surface area contributed by atoms with E-state index in [1.807, 2.05) is 6.07 Å². The maximum atomic E-state index is 12.8. The van der Waals surface area contributed by atoms with Gasteiger partial charge in [0, 0.05) is 25.2 Å². The summed E-state index contributed by atoms with van der Waals surface area (Å²) >= 11 is 0. The van der Waals surface area contributed by atoms with Gasteiger partial charge in [0.15, 0.2) is 0 Å². The molecule has 0 unspecified atom stereocenters. The van der Waals surface area contributed by atoms with Gasteiger partial charge < -0.3 is 25.0 Å². The predicted molar refractivity (Wildman–Crippen MR) is 100 cm³/mol. The lowest BCUT2D eigenvalue weighted by atomic mass is 9.95. The van der Waals surface area contributed by atoms with Gasteiger partial charge in [0.25, 0.3) is 5.91 Å². The highest BCUT2D eigenvalue weighted by molar-refractivity contribution is 5.97. The fraction of sp³-hybridized carbons (Fsp3) is 0.526.